The van der Waals surface area contributed by atoms with Gasteiger partial charge in [-0.25, -0.2) is 0 Å². The van der Waals surface area contributed by atoms with Crippen LogP contribution in [0.1, 0.15) is 11.1 Å². The summed E-state index contributed by atoms with van der Waals surface area (Å²) in [5.74, 6) is 0.610. The van der Waals surface area contributed by atoms with Gasteiger partial charge in [0.2, 0.25) is 0 Å². The zero-order valence-corrected chi connectivity index (χ0v) is 16.9. The molecule has 0 fully saturated rings. The maximum absolute atomic E-state index is 9.50. The Kier molecular flexibility index (Phi) is 8.10. The molecule has 2 unspecified atom stereocenters. The first-order valence-electron chi connectivity index (χ1n) is 9.46. The van der Waals surface area contributed by atoms with Crippen LogP contribution in [-0.4, -0.2) is 73.4 Å². The molecule has 27 heavy (non-hydrogen) atoms. The van der Waals surface area contributed by atoms with E-state index in [1.165, 1.54) is 11.1 Å². The summed E-state index contributed by atoms with van der Waals surface area (Å²) in [6, 6.07) is 15.7. The van der Waals surface area contributed by atoms with Crippen LogP contribution in [0.4, 0.5) is 0 Å². The van der Waals surface area contributed by atoms with Gasteiger partial charge in [0.1, 0.15) is 11.5 Å². The third kappa shape index (κ3) is 6.86. The molecule has 0 amide bonds. The van der Waals surface area contributed by atoms with Crippen LogP contribution >= 0.6 is 0 Å². The lowest BCUT2D eigenvalue weighted by Crippen LogP contribution is -2.47. The number of hydrogen-bond acceptors (Lipinski definition) is 5. The van der Waals surface area contributed by atoms with Crippen molar-refractivity contribution in [2.45, 2.75) is 24.9 Å². The minimum absolute atomic E-state index is 0.304. The van der Waals surface area contributed by atoms with Crippen LogP contribution in [0.3, 0.4) is 0 Å². The van der Waals surface area contributed by atoms with Crippen molar-refractivity contribution in [3.63, 3.8) is 0 Å². The molecular weight excluding hydrogens is 338 g/mol. The molecule has 0 aromatic heterocycles. The molecule has 2 aromatic carbocycles. The fourth-order valence-electron chi connectivity index (χ4n) is 3.32. The summed E-state index contributed by atoms with van der Waals surface area (Å²) in [5, 5.41) is 22.3. The molecule has 2 rings (SSSR count). The number of phenolic OH excluding ortho intramolecular Hbond substituents is 2. The zero-order valence-electron chi connectivity index (χ0n) is 16.9. The van der Waals surface area contributed by atoms with Gasteiger partial charge in [0.05, 0.1) is 0 Å². The van der Waals surface area contributed by atoms with E-state index >= 15 is 0 Å². The van der Waals surface area contributed by atoms with Crippen LogP contribution in [0, 0.1) is 0 Å². The average Bonchev–Trinajstić information content (AvgIpc) is 2.64. The summed E-state index contributed by atoms with van der Waals surface area (Å²) in [6.45, 7) is 1.84. The van der Waals surface area contributed by atoms with Gasteiger partial charge in [-0.3, -0.25) is 0 Å². The van der Waals surface area contributed by atoms with Crippen LogP contribution in [0.15, 0.2) is 48.5 Å². The first-order valence-corrected chi connectivity index (χ1v) is 9.46. The summed E-state index contributed by atoms with van der Waals surface area (Å²) >= 11 is 0. The molecular formula is C22H33N3O2. The van der Waals surface area contributed by atoms with Crippen LogP contribution < -0.4 is 5.32 Å². The van der Waals surface area contributed by atoms with Crippen LogP contribution in [0.25, 0.3) is 0 Å². The summed E-state index contributed by atoms with van der Waals surface area (Å²) in [4.78, 5) is 4.68. The van der Waals surface area contributed by atoms with E-state index < -0.39 is 0 Å². The normalized spacial score (nSPS) is 13.9. The monoisotopic (exact) mass is 371 g/mol. The molecule has 0 aliphatic heterocycles. The molecule has 0 heterocycles. The number of benzene rings is 2. The van der Waals surface area contributed by atoms with Gasteiger partial charge in [-0.15, -0.1) is 0 Å². The number of hydrogen-bond donors (Lipinski definition) is 3. The van der Waals surface area contributed by atoms with Gasteiger partial charge in [0.25, 0.3) is 0 Å². The lowest BCUT2D eigenvalue weighted by atomic mass is 10.0. The zero-order chi connectivity index (χ0) is 19.8. The molecule has 0 saturated heterocycles. The molecule has 2 aromatic rings. The van der Waals surface area contributed by atoms with Gasteiger partial charge in [-0.1, -0.05) is 24.3 Å². The lowest BCUT2D eigenvalue weighted by molar-refractivity contribution is 0.164. The highest BCUT2D eigenvalue weighted by Gasteiger charge is 2.21. The van der Waals surface area contributed by atoms with Crippen molar-refractivity contribution in [3.05, 3.63) is 59.7 Å². The lowest BCUT2D eigenvalue weighted by Gasteiger charge is -2.34. The quantitative estimate of drug-likeness (QED) is 0.598. The molecule has 0 aliphatic carbocycles. The number of nitrogens with zero attached hydrogens (tertiary/aromatic N) is 2. The summed E-state index contributed by atoms with van der Waals surface area (Å²) < 4.78 is 0. The van der Waals surface area contributed by atoms with Gasteiger partial charge in [0.15, 0.2) is 0 Å². The standard InChI is InChI=1S/C22H33N3O2/c1-23-15-19(13-17-5-9-21(26)10-6-17)25(4)16-20(24(2)3)14-18-7-11-22(27)12-8-18/h5-12,19-20,23,26-27H,13-16H2,1-4H3. The molecule has 0 aliphatic rings. The van der Waals surface area contributed by atoms with E-state index in [1.54, 1.807) is 24.3 Å². The van der Waals surface area contributed by atoms with E-state index in [0.717, 1.165) is 25.9 Å². The Hall–Kier alpha value is -2.08. The number of rotatable bonds is 10. The van der Waals surface area contributed by atoms with Gasteiger partial charge >= 0.3 is 0 Å². The number of likely N-dealkylation sites (N-methyl/N-ethyl adjacent to an activating group) is 3. The maximum atomic E-state index is 9.50. The molecule has 0 saturated carbocycles. The van der Waals surface area contributed by atoms with Crippen molar-refractivity contribution < 1.29 is 10.2 Å². The fourth-order valence-corrected chi connectivity index (χ4v) is 3.32. The maximum Gasteiger partial charge on any atom is 0.115 e. The largest absolute Gasteiger partial charge is 0.508 e. The minimum atomic E-state index is 0.304. The Morgan fingerprint density at radius 3 is 1.63 bits per heavy atom. The average molecular weight is 372 g/mol. The highest BCUT2D eigenvalue weighted by molar-refractivity contribution is 5.27. The van der Waals surface area contributed by atoms with E-state index in [0.29, 0.717) is 23.6 Å². The molecule has 5 nitrogen and oxygen atoms in total. The minimum Gasteiger partial charge on any atom is -0.508 e. The van der Waals surface area contributed by atoms with E-state index in [1.807, 2.05) is 31.3 Å². The van der Waals surface area contributed by atoms with E-state index in [-0.39, 0.29) is 0 Å². The second kappa shape index (κ2) is 10.3. The van der Waals surface area contributed by atoms with Crippen molar-refractivity contribution in [1.82, 2.24) is 15.1 Å². The van der Waals surface area contributed by atoms with Crippen molar-refractivity contribution >= 4 is 0 Å². The second-order valence-electron chi connectivity index (χ2n) is 7.51. The third-order valence-electron chi connectivity index (χ3n) is 5.11. The van der Waals surface area contributed by atoms with Crippen molar-refractivity contribution in [1.29, 1.82) is 0 Å². The first-order chi connectivity index (χ1) is 12.9. The molecule has 2 atom stereocenters. The highest BCUT2D eigenvalue weighted by Crippen LogP contribution is 2.16. The Labute approximate surface area is 163 Å². The topological polar surface area (TPSA) is 59.0 Å². The van der Waals surface area contributed by atoms with Crippen molar-refractivity contribution in [2.24, 2.45) is 0 Å². The molecule has 0 bridgehead atoms. The molecule has 0 radical (unpaired) electrons. The predicted octanol–water partition coefficient (Wildman–Crippen LogP) is 2.33. The fraction of sp³-hybridized carbons (Fsp3) is 0.455. The first kappa shape index (κ1) is 21.2. The molecule has 148 valence electrons. The van der Waals surface area contributed by atoms with Gasteiger partial charge in [-0.05, 0) is 76.4 Å². The summed E-state index contributed by atoms with van der Waals surface area (Å²) in [6.07, 6.45) is 1.86. The Morgan fingerprint density at radius 1 is 0.778 bits per heavy atom. The third-order valence-corrected chi connectivity index (χ3v) is 5.11. The molecule has 3 N–H and O–H groups in total. The summed E-state index contributed by atoms with van der Waals surface area (Å²) in [5.41, 5.74) is 2.45. The highest BCUT2D eigenvalue weighted by atomic mass is 16.3. The van der Waals surface area contributed by atoms with Gasteiger partial charge < -0.3 is 25.3 Å². The van der Waals surface area contributed by atoms with E-state index in [9.17, 15) is 10.2 Å². The van der Waals surface area contributed by atoms with E-state index in [4.69, 9.17) is 0 Å². The SMILES string of the molecule is CNCC(Cc1ccc(O)cc1)N(C)CC(Cc1ccc(O)cc1)N(C)C. The Balaban J connectivity index is 2.04. The van der Waals surface area contributed by atoms with Gasteiger partial charge in [0, 0.05) is 25.2 Å². The van der Waals surface area contributed by atoms with Crippen LogP contribution in [0.5, 0.6) is 11.5 Å². The van der Waals surface area contributed by atoms with Crippen LogP contribution in [0.2, 0.25) is 0 Å². The predicted molar refractivity (Wildman–Crippen MR) is 111 cm³/mol. The second-order valence-corrected chi connectivity index (χ2v) is 7.51. The number of nitrogens with one attached hydrogen (secondary N) is 1. The smallest absolute Gasteiger partial charge is 0.115 e. The van der Waals surface area contributed by atoms with Crippen molar-refractivity contribution in [3.8, 4) is 11.5 Å². The van der Waals surface area contributed by atoms with Gasteiger partial charge in [-0.2, -0.15) is 0 Å². The Bertz CT molecular complexity index is 671. The summed E-state index contributed by atoms with van der Waals surface area (Å²) in [7, 11) is 8.39. The number of phenols is 2. The Morgan fingerprint density at radius 2 is 1.22 bits per heavy atom. The number of aromatic hydroxyl groups is 2. The van der Waals surface area contributed by atoms with Crippen LogP contribution in [-0.2, 0) is 12.8 Å². The molecule has 5 heteroatoms. The molecule has 0 spiro atoms. The van der Waals surface area contributed by atoms with E-state index in [2.05, 4.69) is 36.3 Å². The van der Waals surface area contributed by atoms with Crippen molar-refractivity contribution in [2.75, 3.05) is 41.3 Å².